The minimum absolute atomic E-state index is 0.0566. The highest BCUT2D eigenvalue weighted by atomic mass is 16.1. The van der Waals surface area contributed by atoms with E-state index in [4.69, 9.17) is 0 Å². The molecular weight excluding hydrogens is 240 g/mol. The van der Waals surface area contributed by atoms with Gasteiger partial charge in [0.2, 0.25) is 5.91 Å². The van der Waals surface area contributed by atoms with Crippen LogP contribution in [0.1, 0.15) is 45.5 Å². The quantitative estimate of drug-likeness (QED) is 0.852. The SMILES string of the molecule is CNC(=O)C[C@@H](C)N(C)Cc1cc(C(C)(C)C)n[nH]1. The van der Waals surface area contributed by atoms with Gasteiger partial charge in [-0.2, -0.15) is 5.10 Å². The van der Waals surface area contributed by atoms with Crippen LogP contribution < -0.4 is 5.32 Å². The number of nitrogens with one attached hydrogen (secondary N) is 2. The van der Waals surface area contributed by atoms with Crippen LogP contribution in [0, 0.1) is 0 Å². The molecule has 108 valence electrons. The Labute approximate surface area is 115 Å². The number of hydrogen-bond acceptors (Lipinski definition) is 3. The summed E-state index contributed by atoms with van der Waals surface area (Å²) in [7, 11) is 3.69. The van der Waals surface area contributed by atoms with Gasteiger partial charge in [-0.3, -0.25) is 14.8 Å². The fourth-order valence-electron chi connectivity index (χ4n) is 1.78. The molecule has 0 aliphatic rings. The number of hydrogen-bond donors (Lipinski definition) is 2. The van der Waals surface area contributed by atoms with Gasteiger partial charge in [0.25, 0.3) is 0 Å². The first-order valence-electron chi connectivity index (χ1n) is 6.69. The smallest absolute Gasteiger partial charge is 0.221 e. The molecule has 0 aromatic carbocycles. The molecule has 19 heavy (non-hydrogen) atoms. The highest BCUT2D eigenvalue weighted by Gasteiger charge is 2.19. The molecule has 2 N–H and O–H groups in total. The molecule has 1 heterocycles. The molecule has 0 aliphatic carbocycles. The fourth-order valence-corrected chi connectivity index (χ4v) is 1.78. The second kappa shape index (κ2) is 6.19. The average molecular weight is 266 g/mol. The zero-order valence-corrected chi connectivity index (χ0v) is 12.9. The Bertz CT molecular complexity index is 419. The van der Waals surface area contributed by atoms with Crippen molar-refractivity contribution in [3.63, 3.8) is 0 Å². The van der Waals surface area contributed by atoms with Crippen molar-refractivity contribution in [1.29, 1.82) is 0 Å². The van der Waals surface area contributed by atoms with Crippen LogP contribution in [-0.4, -0.2) is 41.1 Å². The number of aromatic nitrogens is 2. The Morgan fingerprint density at radius 3 is 2.63 bits per heavy atom. The maximum absolute atomic E-state index is 11.4. The highest BCUT2D eigenvalue weighted by Crippen LogP contribution is 2.20. The second-order valence-corrected chi connectivity index (χ2v) is 6.17. The molecule has 1 aromatic rings. The Morgan fingerprint density at radius 2 is 2.16 bits per heavy atom. The van der Waals surface area contributed by atoms with Crippen molar-refractivity contribution in [2.45, 2.75) is 52.1 Å². The first kappa shape index (κ1) is 15.7. The molecule has 1 atom stereocenters. The molecule has 0 bridgehead atoms. The van der Waals surface area contributed by atoms with E-state index in [0.29, 0.717) is 6.42 Å². The Morgan fingerprint density at radius 1 is 1.53 bits per heavy atom. The van der Waals surface area contributed by atoms with Crippen LogP contribution in [0.15, 0.2) is 6.07 Å². The molecule has 0 saturated heterocycles. The van der Waals surface area contributed by atoms with Crippen molar-refractivity contribution >= 4 is 5.91 Å². The molecule has 0 unspecified atom stereocenters. The van der Waals surface area contributed by atoms with E-state index in [1.807, 2.05) is 7.05 Å². The lowest BCUT2D eigenvalue weighted by molar-refractivity contribution is -0.121. The zero-order valence-electron chi connectivity index (χ0n) is 12.9. The zero-order chi connectivity index (χ0) is 14.6. The number of carbonyl (C=O) groups is 1. The minimum Gasteiger partial charge on any atom is -0.359 e. The lowest BCUT2D eigenvalue weighted by atomic mass is 9.92. The van der Waals surface area contributed by atoms with Crippen LogP contribution in [0.4, 0.5) is 0 Å². The lowest BCUT2D eigenvalue weighted by Gasteiger charge is -2.23. The van der Waals surface area contributed by atoms with Gasteiger partial charge >= 0.3 is 0 Å². The van der Waals surface area contributed by atoms with Crippen LogP contribution >= 0.6 is 0 Å². The normalized spacial score (nSPS) is 13.6. The van der Waals surface area contributed by atoms with E-state index < -0.39 is 0 Å². The molecular formula is C14H26N4O. The van der Waals surface area contributed by atoms with E-state index in [-0.39, 0.29) is 17.4 Å². The van der Waals surface area contributed by atoms with Crippen molar-refractivity contribution in [2.24, 2.45) is 0 Å². The summed E-state index contributed by atoms with van der Waals surface area (Å²) in [6.07, 6.45) is 0.507. The van der Waals surface area contributed by atoms with Crippen molar-refractivity contribution in [3.8, 4) is 0 Å². The summed E-state index contributed by atoms with van der Waals surface area (Å²) >= 11 is 0. The van der Waals surface area contributed by atoms with Gasteiger partial charge < -0.3 is 5.32 Å². The summed E-state index contributed by atoms with van der Waals surface area (Å²) in [6.45, 7) is 9.25. The van der Waals surface area contributed by atoms with Gasteiger partial charge in [-0.15, -0.1) is 0 Å². The molecule has 5 heteroatoms. The predicted molar refractivity (Wildman–Crippen MR) is 76.9 cm³/mol. The predicted octanol–water partition coefficient (Wildman–Crippen LogP) is 1.66. The van der Waals surface area contributed by atoms with Crippen LogP contribution in [0.5, 0.6) is 0 Å². The van der Waals surface area contributed by atoms with E-state index in [9.17, 15) is 4.79 Å². The summed E-state index contributed by atoms with van der Waals surface area (Å²) in [5, 5.41) is 10.1. The minimum atomic E-state index is 0.0566. The first-order valence-corrected chi connectivity index (χ1v) is 6.69. The van der Waals surface area contributed by atoms with E-state index in [1.54, 1.807) is 7.05 Å². The second-order valence-electron chi connectivity index (χ2n) is 6.17. The van der Waals surface area contributed by atoms with Crippen molar-refractivity contribution in [1.82, 2.24) is 20.4 Å². The number of nitrogens with zero attached hydrogens (tertiary/aromatic N) is 2. The third-order valence-electron chi connectivity index (χ3n) is 3.33. The van der Waals surface area contributed by atoms with Gasteiger partial charge in [0.1, 0.15) is 0 Å². The molecule has 1 rings (SSSR count). The summed E-state index contributed by atoms with van der Waals surface area (Å²) < 4.78 is 0. The number of amides is 1. The molecule has 1 amide bonds. The van der Waals surface area contributed by atoms with Gasteiger partial charge in [-0.05, 0) is 20.0 Å². The van der Waals surface area contributed by atoms with Gasteiger partial charge in [0, 0.05) is 37.2 Å². The number of carbonyl (C=O) groups excluding carboxylic acids is 1. The number of aromatic amines is 1. The molecule has 0 radical (unpaired) electrons. The summed E-state index contributed by atoms with van der Waals surface area (Å²) in [5.74, 6) is 0.0688. The number of rotatable bonds is 5. The topological polar surface area (TPSA) is 61.0 Å². The Kier molecular flexibility index (Phi) is 5.11. The van der Waals surface area contributed by atoms with E-state index >= 15 is 0 Å². The van der Waals surface area contributed by atoms with Crippen LogP contribution in [0.3, 0.4) is 0 Å². The maximum Gasteiger partial charge on any atom is 0.221 e. The van der Waals surface area contributed by atoms with E-state index in [1.165, 1.54) is 0 Å². The molecule has 1 aromatic heterocycles. The van der Waals surface area contributed by atoms with Gasteiger partial charge in [0.15, 0.2) is 0 Å². The monoisotopic (exact) mass is 266 g/mol. The first-order chi connectivity index (χ1) is 8.74. The average Bonchev–Trinajstić information content (AvgIpc) is 2.76. The van der Waals surface area contributed by atoms with Gasteiger partial charge in [-0.1, -0.05) is 20.8 Å². The van der Waals surface area contributed by atoms with Crippen molar-refractivity contribution < 1.29 is 4.79 Å². The van der Waals surface area contributed by atoms with Crippen LogP contribution in [0.25, 0.3) is 0 Å². The molecule has 5 nitrogen and oxygen atoms in total. The van der Waals surface area contributed by atoms with Crippen molar-refractivity contribution in [3.05, 3.63) is 17.5 Å². The lowest BCUT2D eigenvalue weighted by Crippen LogP contribution is -2.33. The summed E-state index contributed by atoms with van der Waals surface area (Å²) in [4.78, 5) is 13.5. The van der Waals surface area contributed by atoms with Crippen LogP contribution in [-0.2, 0) is 16.8 Å². The van der Waals surface area contributed by atoms with Gasteiger partial charge in [0.05, 0.1) is 5.69 Å². The fraction of sp³-hybridized carbons (Fsp3) is 0.714. The maximum atomic E-state index is 11.4. The van der Waals surface area contributed by atoms with E-state index in [0.717, 1.165) is 17.9 Å². The Hall–Kier alpha value is -1.36. The molecule has 0 fully saturated rings. The van der Waals surface area contributed by atoms with Gasteiger partial charge in [-0.25, -0.2) is 0 Å². The molecule has 0 saturated carbocycles. The molecule has 0 spiro atoms. The number of H-pyrrole nitrogens is 1. The Balaban J connectivity index is 2.59. The summed E-state index contributed by atoms with van der Waals surface area (Å²) in [6, 6.07) is 2.30. The molecule has 0 aliphatic heterocycles. The summed E-state index contributed by atoms with van der Waals surface area (Å²) in [5.41, 5.74) is 2.20. The van der Waals surface area contributed by atoms with Crippen LogP contribution in [0.2, 0.25) is 0 Å². The third-order valence-corrected chi connectivity index (χ3v) is 3.33. The van der Waals surface area contributed by atoms with E-state index in [2.05, 4.69) is 54.2 Å². The van der Waals surface area contributed by atoms with Crippen molar-refractivity contribution in [2.75, 3.05) is 14.1 Å². The third kappa shape index (κ3) is 4.67. The highest BCUT2D eigenvalue weighted by molar-refractivity contribution is 5.76. The largest absolute Gasteiger partial charge is 0.359 e. The standard InChI is InChI=1S/C14H26N4O/c1-10(7-13(19)15-5)18(6)9-11-8-12(17-16-11)14(2,3)4/h8,10H,7,9H2,1-6H3,(H,15,19)(H,16,17)/t10-/m1/s1.